The maximum absolute atomic E-state index is 5.27. The van der Waals surface area contributed by atoms with E-state index in [0.29, 0.717) is 0 Å². The zero-order chi connectivity index (χ0) is 14.3. The first-order valence-corrected chi connectivity index (χ1v) is 8.00. The summed E-state index contributed by atoms with van der Waals surface area (Å²) in [6.07, 6.45) is 8.83. The second kappa shape index (κ2) is 7.67. The Morgan fingerprint density at radius 3 is 2.80 bits per heavy atom. The SMILES string of the molecule is CCNC(=NCC1(C)COC1)NCCC1=CCCCC1. The van der Waals surface area contributed by atoms with E-state index in [9.17, 15) is 0 Å². The zero-order valence-electron chi connectivity index (χ0n) is 13.0. The molecular formula is C16H29N3O. The number of hydrogen-bond donors (Lipinski definition) is 2. The van der Waals surface area contributed by atoms with Gasteiger partial charge in [-0.1, -0.05) is 18.6 Å². The van der Waals surface area contributed by atoms with Crippen LogP contribution >= 0.6 is 0 Å². The van der Waals surface area contributed by atoms with Gasteiger partial charge in [0.1, 0.15) is 0 Å². The van der Waals surface area contributed by atoms with Crippen molar-refractivity contribution in [3.8, 4) is 0 Å². The van der Waals surface area contributed by atoms with Crippen molar-refractivity contribution >= 4 is 5.96 Å². The van der Waals surface area contributed by atoms with Crippen LogP contribution in [0.4, 0.5) is 0 Å². The Bertz CT molecular complexity index is 359. The summed E-state index contributed by atoms with van der Waals surface area (Å²) in [5, 5.41) is 6.77. The van der Waals surface area contributed by atoms with Crippen LogP contribution in [0.5, 0.6) is 0 Å². The third kappa shape index (κ3) is 4.82. The molecule has 1 saturated heterocycles. The molecular weight excluding hydrogens is 250 g/mol. The fourth-order valence-corrected chi connectivity index (χ4v) is 2.63. The fraction of sp³-hybridized carbons (Fsp3) is 0.812. The van der Waals surface area contributed by atoms with Gasteiger partial charge in [0.05, 0.1) is 19.8 Å². The first-order chi connectivity index (χ1) is 9.72. The van der Waals surface area contributed by atoms with Crippen LogP contribution in [0, 0.1) is 5.41 Å². The van der Waals surface area contributed by atoms with Crippen LogP contribution in [0.25, 0.3) is 0 Å². The van der Waals surface area contributed by atoms with Gasteiger partial charge in [0.15, 0.2) is 5.96 Å². The van der Waals surface area contributed by atoms with Crippen molar-refractivity contribution < 1.29 is 4.74 Å². The van der Waals surface area contributed by atoms with E-state index in [0.717, 1.165) is 45.2 Å². The third-order valence-corrected chi connectivity index (χ3v) is 3.99. The summed E-state index contributed by atoms with van der Waals surface area (Å²) in [5.74, 6) is 0.942. The molecule has 2 aliphatic rings. The van der Waals surface area contributed by atoms with Crippen LogP contribution in [0.2, 0.25) is 0 Å². The Kier molecular flexibility index (Phi) is 5.89. The highest BCUT2D eigenvalue weighted by atomic mass is 16.5. The Morgan fingerprint density at radius 2 is 2.20 bits per heavy atom. The van der Waals surface area contributed by atoms with Gasteiger partial charge in [0, 0.05) is 18.5 Å². The number of ether oxygens (including phenoxy) is 1. The Labute approximate surface area is 123 Å². The molecule has 0 aromatic carbocycles. The van der Waals surface area contributed by atoms with Gasteiger partial charge in [-0.05, 0) is 39.0 Å². The highest BCUT2D eigenvalue weighted by Crippen LogP contribution is 2.26. The first-order valence-electron chi connectivity index (χ1n) is 8.00. The maximum Gasteiger partial charge on any atom is 0.191 e. The number of nitrogens with one attached hydrogen (secondary N) is 2. The van der Waals surface area contributed by atoms with E-state index in [1.807, 2.05) is 0 Å². The molecule has 0 amide bonds. The van der Waals surface area contributed by atoms with E-state index in [1.165, 1.54) is 25.7 Å². The number of nitrogens with zero attached hydrogens (tertiary/aromatic N) is 1. The summed E-state index contributed by atoms with van der Waals surface area (Å²) in [7, 11) is 0. The molecule has 114 valence electrons. The summed E-state index contributed by atoms with van der Waals surface area (Å²) < 4.78 is 5.27. The minimum absolute atomic E-state index is 0.244. The van der Waals surface area contributed by atoms with E-state index < -0.39 is 0 Å². The number of guanidine groups is 1. The molecule has 2 rings (SSSR count). The Hall–Kier alpha value is -1.03. The highest BCUT2D eigenvalue weighted by Gasteiger charge is 2.33. The van der Waals surface area contributed by atoms with Crippen LogP contribution < -0.4 is 10.6 Å². The molecule has 1 fully saturated rings. The van der Waals surface area contributed by atoms with Crippen molar-refractivity contribution in [3.05, 3.63) is 11.6 Å². The van der Waals surface area contributed by atoms with Crippen LogP contribution in [-0.2, 0) is 4.74 Å². The zero-order valence-corrected chi connectivity index (χ0v) is 13.0. The molecule has 4 nitrogen and oxygen atoms in total. The fourth-order valence-electron chi connectivity index (χ4n) is 2.63. The normalized spacial score (nSPS) is 21.9. The van der Waals surface area contributed by atoms with Gasteiger partial charge < -0.3 is 15.4 Å². The molecule has 0 radical (unpaired) electrons. The average molecular weight is 279 g/mol. The minimum Gasteiger partial charge on any atom is -0.380 e. The highest BCUT2D eigenvalue weighted by molar-refractivity contribution is 5.79. The van der Waals surface area contributed by atoms with E-state index in [1.54, 1.807) is 5.57 Å². The first kappa shape index (κ1) is 15.4. The summed E-state index contributed by atoms with van der Waals surface area (Å²) in [4.78, 5) is 4.68. The van der Waals surface area contributed by atoms with E-state index in [-0.39, 0.29) is 5.41 Å². The minimum atomic E-state index is 0.244. The lowest BCUT2D eigenvalue weighted by Crippen LogP contribution is -2.44. The predicted molar refractivity (Wildman–Crippen MR) is 84.1 cm³/mol. The van der Waals surface area contributed by atoms with Crippen LogP contribution in [0.1, 0.15) is 46.0 Å². The molecule has 0 unspecified atom stereocenters. The molecule has 0 aromatic heterocycles. The molecule has 0 aromatic rings. The number of rotatable bonds is 6. The van der Waals surface area contributed by atoms with Gasteiger partial charge in [-0.3, -0.25) is 4.99 Å². The molecule has 20 heavy (non-hydrogen) atoms. The van der Waals surface area contributed by atoms with Gasteiger partial charge in [-0.25, -0.2) is 0 Å². The lowest BCUT2D eigenvalue weighted by Gasteiger charge is -2.36. The molecule has 0 spiro atoms. The second-order valence-corrected chi connectivity index (χ2v) is 6.28. The van der Waals surface area contributed by atoms with Gasteiger partial charge in [0.25, 0.3) is 0 Å². The van der Waals surface area contributed by atoms with Gasteiger partial charge in [0.2, 0.25) is 0 Å². The van der Waals surface area contributed by atoms with Crippen molar-refractivity contribution in [2.75, 3.05) is 32.8 Å². The molecule has 2 N–H and O–H groups in total. The summed E-state index contributed by atoms with van der Waals surface area (Å²) in [6.45, 7) is 8.73. The summed E-state index contributed by atoms with van der Waals surface area (Å²) >= 11 is 0. The maximum atomic E-state index is 5.27. The van der Waals surface area contributed by atoms with Crippen LogP contribution in [0.15, 0.2) is 16.6 Å². The Balaban J connectivity index is 1.73. The summed E-state index contributed by atoms with van der Waals surface area (Å²) in [5.41, 5.74) is 1.85. The van der Waals surface area contributed by atoms with Crippen LogP contribution in [0.3, 0.4) is 0 Å². The lowest BCUT2D eigenvalue weighted by molar-refractivity contribution is -0.0945. The summed E-state index contributed by atoms with van der Waals surface area (Å²) in [6, 6.07) is 0. The van der Waals surface area contributed by atoms with Crippen molar-refractivity contribution in [2.24, 2.45) is 10.4 Å². The van der Waals surface area contributed by atoms with Crippen molar-refractivity contribution in [1.29, 1.82) is 0 Å². The molecule has 0 bridgehead atoms. The number of aliphatic imine (C=N–C) groups is 1. The van der Waals surface area contributed by atoms with Gasteiger partial charge >= 0.3 is 0 Å². The average Bonchev–Trinajstić information content (AvgIpc) is 2.44. The molecule has 0 atom stereocenters. The Morgan fingerprint density at radius 1 is 1.35 bits per heavy atom. The molecule has 1 aliphatic carbocycles. The predicted octanol–water partition coefficient (Wildman–Crippen LogP) is 2.47. The third-order valence-electron chi connectivity index (χ3n) is 3.99. The van der Waals surface area contributed by atoms with Gasteiger partial charge in [-0.2, -0.15) is 0 Å². The quantitative estimate of drug-likeness (QED) is 0.446. The molecule has 1 heterocycles. The molecule has 1 aliphatic heterocycles. The second-order valence-electron chi connectivity index (χ2n) is 6.28. The molecule has 0 saturated carbocycles. The number of hydrogen-bond acceptors (Lipinski definition) is 2. The van der Waals surface area contributed by atoms with E-state index in [4.69, 9.17) is 4.74 Å². The van der Waals surface area contributed by atoms with Gasteiger partial charge in [-0.15, -0.1) is 0 Å². The van der Waals surface area contributed by atoms with E-state index >= 15 is 0 Å². The van der Waals surface area contributed by atoms with Crippen molar-refractivity contribution in [1.82, 2.24) is 10.6 Å². The topological polar surface area (TPSA) is 45.7 Å². The van der Waals surface area contributed by atoms with E-state index in [2.05, 4.69) is 35.5 Å². The van der Waals surface area contributed by atoms with Crippen molar-refractivity contribution in [3.63, 3.8) is 0 Å². The number of allylic oxidation sites excluding steroid dienone is 1. The molecule has 4 heteroatoms. The largest absolute Gasteiger partial charge is 0.380 e. The smallest absolute Gasteiger partial charge is 0.191 e. The van der Waals surface area contributed by atoms with Crippen LogP contribution in [-0.4, -0.2) is 38.8 Å². The standard InChI is InChI=1S/C16H29N3O/c1-3-17-15(19-11-16(2)12-20-13-16)18-10-9-14-7-5-4-6-8-14/h7H,3-6,8-13H2,1-2H3,(H2,17,18,19). The monoisotopic (exact) mass is 279 g/mol. The van der Waals surface area contributed by atoms with Crippen molar-refractivity contribution in [2.45, 2.75) is 46.0 Å². The lowest BCUT2D eigenvalue weighted by atomic mass is 9.89.